The number of carbonyl (C=O) groups is 3. The Hall–Kier alpha value is -3.09. The van der Waals surface area contributed by atoms with Crippen molar-refractivity contribution in [1.29, 1.82) is 0 Å². The molecule has 0 aliphatic carbocycles. The van der Waals surface area contributed by atoms with Gasteiger partial charge in [-0.25, -0.2) is 0 Å². The second kappa shape index (κ2) is 8.33. The predicted octanol–water partition coefficient (Wildman–Crippen LogP) is 2.03. The van der Waals surface area contributed by atoms with E-state index in [9.17, 15) is 14.4 Å². The minimum absolute atomic E-state index is 0.0108. The number of hydrogen-bond acceptors (Lipinski definition) is 4. The van der Waals surface area contributed by atoms with Crippen LogP contribution in [0.15, 0.2) is 40.8 Å². The summed E-state index contributed by atoms with van der Waals surface area (Å²) in [6.07, 6.45) is 0.280. The van der Waals surface area contributed by atoms with Crippen molar-refractivity contribution in [2.45, 2.75) is 26.3 Å². The van der Waals surface area contributed by atoms with Gasteiger partial charge in [0.25, 0.3) is 0 Å². The van der Waals surface area contributed by atoms with Crippen molar-refractivity contribution >= 4 is 23.4 Å². The molecular weight excluding hydrogens is 334 g/mol. The second-order valence-corrected chi connectivity index (χ2v) is 6.26. The topological polar surface area (TPSA) is 91.7 Å². The molecule has 7 nitrogen and oxygen atoms in total. The average molecular weight is 357 g/mol. The molecule has 0 saturated carbocycles. The maximum Gasteiger partial charge on any atom is 0.313 e. The molecule has 1 heterocycles. The van der Waals surface area contributed by atoms with Gasteiger partial charge in [-0.15, -0.1) is 0 Å². The van der Waals surface area contributed by atoms with Crippen LogP contribution in [0.25, 0.3) is 0 Å². The van der Waals surface area contributed by atoms with Crippen LogP contribution in [-0.4, -0.2) is 36.7 Å². The fraction of sp³-hybridized carbons (Fsp3) is 0.316. The average Bonchev–Trinajstić information content (AvgIpc) is 3.03. The molecule has 0 spiro atoms. The lowest BCUT2D eigenvalue weighted by Gasteiger charge is -2.12. The molecule has 0 fully saturated rings. The van der Waals surface area contributed by atoms with Crippen molar-refractivity contribution in [3.05, 3.63) is 53.5 Å². The Bertz CT molecular complexity index is 793. The molecule has 1 aromatic heterocycles. The molecule has 26 heavy (non-hydrogen) atoms. The SMILES string of the molecule is Cc1ccc(C(C)NC(=O)C(=O)Nc2ccc(CC(=O)N(C)C)cc2)o1. The van der Waals surface area contributed by atoms with E-state index >= 15 is 0 Å². The number of anilines is 1. The van der Waals surface area contributed by atoms with Crippen LogP contribution >= 0.6 is 0 Å². The normalized spacial score (nSPS) is 11.5. The third-order valence-corrected chi connectivity index (χ3v) is 3.81. The smallest absolute Gasteiger partial charge is 0.313 e. The Morgan fingerprint density at radius 2 is 1.69 bits per heavy atom. The van der Waals surface area contributed by atoms with Crippen LogP contribution in [0.5, 0.6) is 0 Å². The summed E-state index contributed by atoms with van der Waals surface area (Å²) in [7, 11) is 3.39. The highest BCUT2D eigenvalue weighted by Gasteiger charge is 2.19. The highest BCUT2D eigenvalue weighted by atomic mass is 16.3. The van der Waals surface area contributed by atoms with E-state index in [1.54, 1.807) is 64.3 Å². The molecular formula is C19H23N3O4. The van der Waals surface area contributed by atoms with Crippen molar-refractivity contribution in [1.82, 2.24) is 10.2 Å². The molecule has 1 aromatic carbocycles. The fourth-order valence-electron chi connectivity index (χ4n) is 2.25. The third kappa shape index (κ3) is 5.20. The lowest BCUT2D eigenvalue weighted by Crippen LogP contribution is -2.36. The van der Waals surface area contributed by atoms with Gasteiger partial charge in [-0.3, -0.25) is 14.4 Å². The Morgan fingerprint density at radius 3 is 2.23 bits per heavy atom. The lowest BCUT2D eigenvalue weighted by atomic mass is 10.1. The molecule has 0 aliphatic rings. The summed E-state index contributed by atoms with van der Waals surface area (Å²) in [5.74, 6) is -0.212. The van der Waals surface area contributed by atoms with Gasteiger partial charge in [0, 0.05) is 19.8 Å². The minimum atomic E-state index is -0.766. The van der Waals surface area contributed by atoms with Crippen molar-refractivity contribution in [2.75, 3.05) is 19.4 Å². The van der Waals surface area contributed by atoms with Crippen LogP contribution in [0.4, 0.5) is 5.69 Å². The molecule has 1 atom stereocenters. The maximum atomic E-state index is 12.0. The number of hydrogen-bond donors (Lipinski definition) is 2. The first kappa shape index (κ1) is 19.2. The predicted molar refractivity (Wildman–Crippen MR) is 97.5 cm³/mol. The number of carbonyl (C=O) groups excluding carboxylic acids is 3. The number of amides is 3. The van der Waals surface area contributed by atoms with Gasteiger partial charge < -0.3 is 20.0 Å². The first-order valence-corrected chi connectivity index (χ1v) is 8.23. The molecule has 2 N–H and O–H groups in total. The Balaban J connectivity index is 1.90. The van der Waals surface area contributed by atoms with Crippen LogP contribution in [-0.2, 0) is 20.8 Å². The Kier molecular flexibility index (Phi) is 6.16. The monoisotopic (exact) mass is 357 g/mol. The van der Waals surface area contributed by atoms with Gasteiger partial charge in [0.1, 0.15) is 11.5 Å². The molecule has 138 valence electrons. The van der Waals surface area contributed by atoms with Crippen molar-refractivity contribution in [2.24, 2.45) is 0 Å². The second-order valence-electron chi connectivity index (χ2n) is 6.26. The zero-order valence-corrected chi connectivity index (χ0v) is 15.3. The van der Waals surface area contributed by atoms with E-state index in [2.05, 4.69) is 10.6 Å². The van der Waals surface area contributed by atoms with Gasteiger partial charge in [-0.05, 0) is 43.7 Å². The van der Waals surface area contributed by atoms with Crippen molar-refractivity contribution in [3.63, 3.8) is 0 Å². The fourth-order valence-corrected chi connectivity index (χ4v) is 2.25. The molecule has 2 rings (SSSR count). The standard InChI is InChI=1S/C19H23N3O4/c1-12-5-10-16(26-12)13(2)20-18(24)19(25)21-15-8-6-14(7-9-15)11-17(23)22(3)4/h5-10,13H,11H2,1-4H3,(H,20,24)(H,21,25). The quantitative estimate of drug-likeness (QED) is 0.801. The highest BCUT2D eigenvalue weighted by molar-refractivity contribution is 6.39. The molecule has 1 unspecified atom stereocenters. The van der Waals surface area contributed by atoms with Crippen LogP contribution in [0.3, 0.4) is 0 Å². The lowest BCUT2D eigenvalue weighted by molar-refractivity contribution is -0.136. The van der Waals surface area contributed by atoms with E-state index in [1.165, 1.54) is 4.90 Å². The van der Waals surface area contributed by atoms with Gasteiger partial charge in [-0.2, -0.15) is 0 Å². The molecule has 0 radical (unpaired) electrons. The summed E-state index contributed by atoms with van der Waals surface area (Å²) in [6.45, 7) is 3.54. The number of nitrogens with zero attached hydrogens (tertiary/aromatic N) is 1. The number of likely N-dealkylation sites (N-methyl/N-ethyl adjacent to an activating group) is 1. The van der Waals surface area contributed by atoms with E-state index in [-0.39, 0.29) is 12.3 Å². The summed E-state index contributed by atoms with van der Waals surface area (Å²) >= 11 is 0. The maximum absolute atomic E-state index is 12.0. The minimum Gasteiger partial charge on any atom is -0.464 e. The third-order valence-electron chi connectivity index (χ3n) is 3.81. The van der Waals surface area contributed by atoms with E-state index in [0.29, 0.717) is 11.4 Å². The van der Waals surface area contributed by atoms with Gasteiger partial charge in [0.2, 0.25) is 5.91 Å². The highest BCUT2D eigenvalue weighted by Crippen LogP contribution is 2.15. The molecule has 0 saturated heterocycles. The van der Waals surface area contributed by atoms with Crippen LogP contribution < -0.4 is 10.6 Å². The van der Waals surface area contributed by atoms with E-state index < -0.39 is 17.9 Å². The molecule has 7 heteroatoms. The number of furan rings is 1. The van der Waals surface area contributed by atoms with Crippen LogP contribution in [0.2, 0.25) is 0 Å². The van der Waals surface area contributed by atoms with E-state index in [1.807, 2.05) is 0 Å². The largest absolute Gasteiger partial charge is 0.464 e. The van der Waals surface area contributed by atoms with Gasteiger partial charge >= 0.3 is 11.8 Å². The number of benzene rings is 1. The summed E-state index contributed by atoms with van der Waals surface area (Å²) in [6, 6.07) is 9.92. The first-order chi connectivity index (χ1) is 12.3. The summed E-state index contributed by atoms with van der Waals surface area (Å²) in [4.78, 5) is 37.2. The van der Waals surface area contributed by atoms with Gasteiger partial charge in [0.15, 0.2) is 0 Å². The van der Waals surface area contributed by atoms with Crippen molar-refractivity contribution < 1.29 is 18.8 Å². The van der Waals surface area contributed by atoms with E-state index in [0.717, 1.165) is 11.3 Å². The zero-order chi connectivity index (χ0) is 19.3. The summed E-state index contributed by atoms with van der Waals surface area (Å²) in [5, 5.41) is 5.11. The van der Waals surface area contributed by atoms with Gasteiger partial charge in [0.05, 0.1) is 12.5 Å². The molecule has 0 aliphatic heterocycles. The number of rotatable bonds is 5. The Labute approximate surface area is 152 Å². The summed E-state index contributed by atoms with van der Waals surface area (Å²) < 4.78 is 5.43. The van der Waals surface area contributed by atoms with E-state index in [4.69, 9.17) is 4.42 Å². The van der Waals surface area contributed by atoms with Gasteiger partial charge in [-0.1, -0.05) is 12.1 Å². The molecule has 2 aromatic rings. The number of nitrogens with one attached hydrogen (secondary N) is 2. The molecule has 0 bridgehead atoms. The first-order valence-electron chi connectivity index (χ1n) is 8.23. The van der Waals surface area contributed by atoms with Crippen molar-refractivity contribution in [3.8, 4) is 0 Å². The Morgan fingerprint density at radius 1 is 1.04 bits per heavy atom. The van der Waals surface area contributed by atoms with Crippen LogP contribution in [0, 0.1) is 6.92 Å². The van der Waals surface area contributed by atoms with Crippen LogP contribution in [0.1, 0.15) is 30.0 Å². The summed E-state index contributed by atoms with van der Waals surface area (Å²) in [5.41, 5.74) is 1.31. The number of aryl methyl sites for hydroxylation is 1. The molecule has 3 amide bonds. The zero-order valence-electron chi connectivity index (χ0n) is 15.3.